The molecule has 2 atom stereocenters. The Balaban J connectivity index is 1.32. The van der Waals surface area contributed by atoms with E-state index in [2.05, 4.69) is 15.5 Å². The van der Waals surface area contributed by atoms with Gasteiger partial charge in [0, 0.05) is 42.7 Å². The van der Waals surface area contributed by atoms with Crippen LogP contribution in [0.5, 0.6) is 0 Å². The minimum absolute atomic E-state index is 0.0585. The van der Waals surface area contributed by atoms with E-state index < -0.39 is 5.82 Å². The maximum atomic E-state index is 14.2. The molecule has 4 rings (SSSR count). The van der Waals surface area contributed by atoms with Crippen molar-refractivity contribution in [2.75, 3.05) is 43.5 Å². The molecule has 2 aliphatic rings. The summed E-state index contributed by atoms with van der Waals surface area (Å²) in [5.74, 6) is -1.03. The number of nitrogens with zero attached hydrogens (tertiary/aromatic N) is 1. The second kappa shape index (κ2) is 9.77. The highest BCUT2D eigenvalue weighted by Gasteiger charge is 2.44. The van der Waals surface area contributed by atoms with E-state index >= 15 is 0 Å². The Morgan fingerprint density at radius 1 is 1.13 bits per heavy atom. The van der Waals surface area contributed by atoms with Gasteiger partial charge in [-0.25, -0.2) is 4.39 Å². The molecule has 2 unspecified atom stereocenters. The van der Waals surface area contributed by atoms with E-state index in [4.69, 9.17) is 16.3 Å². The average Bonchev–Trinajstić information content (AvgIpc) is 3.56. The van der Waals surface area contributed by atoms with Crippen LogP contribution < -0.4 is 10.6 Å². The molecule has 0 radical (unpaired) electrons. The number of benzene rings is 2. The number of rotatable bonds is 7. The molecule has 1 saturated heterocycles. The molecule has 2 N–H and O–H groups in total. The summed E-state index contributed by atoms with van der Waals surface area (Å²) in [6.45, 7) is 3.50. The van der Waals surface area contributed by atoms with Crippen LogP contribution in [0.25, 0.3) is 0 Å². The number of halogens is 2. The lowest BCUT2D eigenvalue weighted by atomic mass is 10.1. The summed E-state index contributed by atoms with van der Waals surface area (Å²) in [5.41, 5.74) is 1.47. The summed E-state index contributed by atoms with van der Waals surface area (Å²) in [6, 6.07) is 11.7. The fourth-order valence-electron chi connectivity index (χ4n) is 3.84. The number of carbonyl (C=O) groups excluding carboxylic acids is 2. The Kier molecular flexibility index (Phi) is 6.85. The number of hydrogen-bond donors (Lipinski definition) is 2. The zero-order valence-corrected chi connectivity index (χ0v) is 17.8. The van der Waals surface area contributed by atoms with Crippen molar-refractivity contribution < 1.29 is 18.7 Å². The predicted octanol–water partition coefficient (Wildman–Crippen LogP) is 3.88. The molecule has 1 heterocycles. The van der Waals surface area contributed by atoms with Gasteiger partial charge in [0.2, 0.25) is 11.8 Å². The van der Waals surface area contributed by atoms with Crippen LogP contribution in [0.1, 0.15) is 24.3 Å². The molecular weight excluding hydrogens is 421 g/mol. The molecule has 8 heteroatoms. The van der Waals surface area contributed by atoms with Gasteiger partial charge in [0.05, 0.1) is 18.9 Å². The second-order valence-electron chi connectivity index (χ2n) is 7.91. The first-order chi connectivity index (χ1) is 15.0. The van der Waals surface area contributed by atoms with Gasteiger partial charge < -0.3 is 15.4 Å². The topological polar surface area (TPSA) is 70.7 Å². The van der Waals surface area contributed by atoms with E-state index in [9.17, 15) is 14.0 Å². The van der Waals surface area contributed by atoms with Gasteiger partial charge in [-0.3, -0.25) is 14.5 Å². The van der Waals surface area contributed by atoms with Gasteiger partial charge in [0.1, 0.15) is 5.82 Å². The van der Waals surface area contributed by atoms with Gasteiger partial charge in [0.25, 0.3) is 0 Å². The SMILES string of the molecule is O=C(CCN1CCOCC1)Nc1cc(NC(=O)C2CC2c2ccccc2Cl)ccc1F. The van der Waals surface area contributed by atoms with E-state index in [1.54, 1.807) is 0 Å². The van der Waals surface area contributed by atoms with Gasteiger partial charge in [-0.2, -0.15) is 0 Å². The number of hydrogen-bond acceptors (Lipinski definition) is 4. The lowest BCUT2D eigenvalue weighted by Crippen LogP contribution is -2.38. The molecular formula is C23H25ClFN3O3. The highest BCUT2D eigenvalue weighted by atomic mass is 35.5. The van der Waals surface area contributed by atoms with Crippen molar-refractivity contribution in [1.29, 1.82) is 0 Å². The average molecular weight is 446 g/mol. The van der Waals surface area contributed by atoms with Crippen molar-refractivity contribution in [1.82, 2.24) is 4.90 Å². The summed E-state index contributed by atoms with van der Waals surface area (Å²) in [6.07, 6.45) is 0.986. The fraction of sp³-hybridized carbons (Fsp3) is 0.391. The van der Waals surface area contributed by atoms with Crippen molar-refractivity contribution in [2.45, 2.75) is 18.8 Å². The smallest absolute Gasteiger partial charge is 0.228 e. The van der Waals surface area contributed by atoms with Crippen LogP contribution in [-0.2, 0) is 14.3 Å². The third-order valence-electron chi connectivity index (χ3n) is 5.70. The van der Waals surface area contributed by atoms with Crippen LogP contribution in [0, 0.1) is 11.7 Å². The molecule has 1 saturated carbocycles. The summed E-state index contributed by atoms with van der Waals surface area (Å²) in [7, 11) is 0. The van der Waals surface area contributed by atoms with E-state index in [-0.39, 0.29) is 35.8 Å². The number of nitrogens with one attached hydrogen (secondary N) is 2. The van der Waals surface area contributed by atoms with E-state index in [1.807, 2.05) is 24.3 Å². The fourth-order valence-corrected chi connectivity index (χ4v) is 4.11. The minimum Gasteiger partial charge on any atom is -0.379 e. The monoisotopic (exact) mass is 445 g/mol. The summed E-state index contributed by atoms with van der Waals surface area (Å²) < 4.78 is 19.5. The highest BCUT2D eigenvalue weighted by Crippen LogP contribution is 2.50. The molecule has 31 heavy (non-hydrogen) atoms. The van der Waals surface area contributed by atoms with E-state index in [0.717, 1.165) is 25.1 Å². The molecule has 0 bridgehead atoms. The van der Waals surface area contributed by atoms with Crippen LogP contribution in [0.4, 0.5) is 15.8 Å². The van der Waals surface area contributed by atoms with Crippen molar-refractivity contribution in [3.63, 3.8) is 0 Å². The molecule has 2 aromatic rings. The van der Waals surface area contributed by atoms with Gasteiger partial charge in [-0.1, -0.05) is 29.8 Å². The first kappa shape index (κ1) is 21.7. The number of ether oxygens (including phenoxy) is 1. The maximum Gasteiger partial charge on any atom is 0.228 e. The van der Waals surface area contributed by atoms with Crippen LogP contribution in [0.15, 0.2) is 42.5 Å². The predicted molar refractivity (Wildman–Crippen MR) is 118 cm³/mol. The first-order valence-corrected chi connectivity index (χ1v) is 10.8. The largest absolute Gasteiger partial charge is 0.379 e. The summed E-state index contributed by atoms with van der Waals surface area (Å²) in [5, 5.41) is 6.09. The van der Waals surface area contributed by atoms with Crippen molar-refractivity contribution in [2.24, 2.45) is 5.92 Å². The summed E-state index contributed by atoms with van der Waals surface area (Å²) in [4.78, 5) is 27.0. The molecule has 2 aromatic carbocycles. The number of anilines is 2. The Hall–Kier alpha value is -2.48. The van der Waals surface area contributed by atoms with Crippen LogP contribution in [0.2, 0.25) is 5.02 Å². The van der Waals surface area contributed by atoms with Crippen molar-refractivity contribution in [3.05, 3.63) is 58.9 Å². The van der Waals surface area contributed by atoms with E-state index in [1.165, 1.54) is 18.2 Å². The molecule has 164 valence electrons. The standard InChI is InChI=1S/C23H25ClFN3O3/c24-19-4-2-1-3-16(19)17-14-18(17)23(30)26-15-5-6-20(25)21(13-15)27-22(29)7-8-28-9-11-31-12-10-28/h1-6,13,17-18H,7-12,14H2,(H,26,30)(H,27,29). The molecule has 2 fully saturated rings. The minimum atomic E-state index is -0.543. The van der Waals surface area contributed by atoms with Gasteiger partial charge >= 0.3 is 0 Å². The number of morpholine rings is 1. The molecule has 6 nitrogen and oxygen atoms in total. The Bertz CT molecular complexity index is 965. The van der Waals surface area contributed by atoms with E-state index in [0.29, 0.717) is 30.5 Å². The quantitative estimate of drug-likeness (QED) is 0.678. The van der Waals surface area contributed by atoms with Crippen LogP contribution >= 0.6 is 11.6 Å². The zero-order chi connectivity index (χ0) is 21.8. The normalized spacial score (nSPS) is 20.8. The van der Waals surface area contributed by atoms with Crippen LogP contribution in [-0.4, -0.2) is 49.6 Å². The van der Waals surface area contributed by atoms with Crippen molar-refractivity contribution >= 4 is 34.8 Å². The molecule has 1 aliphatic carbocycles. The number of carbonyl (C=O) groups is 2. The lowest BCUT2D eigenvalue weighted by Gasteiger charge is -2.26. The van der Waals surface area contributed by atoms with Gasteiger partial charge in [-0.05, 0) is 42.2 Å². The second-order valence-corrected chi connectivity index (χ2v) is 8.31. The first-order valence-electron chi connectivity index (χ1n) is 10.5. The molecule has 0 spiro atoms. The lowest BCUT2D eigenvalue weighted by molar-refractivity contribution is -0.117. The van der Waals surface area contributed by atoms with Crippen molar-refractivity contribution in [3.8, 4) is 0 Å². The molecule has 2 amide bonds. The zero-order valence-electron chi connectivity index (χ0n) is 17.1. The maximum absolute atomic E-state index is 14.2. The Labute approximate surface area is 185 Å². The summed E-state index contributed by atoms with van der Waals surface area (Å²) >= 11 is 6.23. The van der Waals surface area contributed by atoms with Crippen LogP contribution in [0.3, 0.4) is 0 Å². The third kappa shape index (κ3) is 5.61. The molecule has 0 aromatic heterocycles. The number of amides is 2. The highest BCUT2D eigenvalue weighted by molar-refractivity contribution is 6.31. The molecule has 1 aliphatic heterocycles. The van der Waals surface area contributed by atoms with Gasteiger partial charge in [-0.15, -0.1) is 0 Å². The Morgan fingerprint density at radius 2 is 1.90 bits per heavy atom. The third-order valence-corrected chi connectivity index (χ3v) is 6.04. The van der Waals surface area contributed by atoms with Gasteiger partial charge in [0.15, 0.2) is 0 Å². The Morgan fingerprint density at radius 3 is 2.68 bits per heavy atom.